The average molecular weight is 562 g/mol. The number of hydrogen-bond donors (Lipinski definition) is 2. The zero-order chi connectivity index (χ0) is 28.2. The van der Waals surface area contributed by atoms with E-state index in [2.05, 4.69) is 15.2 Å². The van der Waals surface area contributed by atoms with Gasteiger partial charge in [-0.15, -0.1) is 0 Å². The molecule has 1 aliphatic rings. The number of anilines is 1. The molecule has 0 saturated carbocycles. The molecule has 10 heteroatoms. The van der Waals surface area contributed by atoms with Crippen LogP contribution in [0.2, 0.25) is 5.02 Å². The topological polar surface area (TPSA) is 102 Å². The summed E-state index contributed by atoms with van der Waals surface area (Å²) in [6.45, 7) is 0.934. The van der Waals surface area contributed by atoms with Gasteiger partial charge < -0.3 is 25.3 Å². The number of halogens is 2. The summed E-state index contributed by atoms with van der Waals surface area (Å²) in [6.07, 6.45) is 4.45. The fourth-order valence-electron chi connectivity index (χ4n) is 4.98. The van der Waals surface area contributed by atoms with Crippen LogP contribution in [0.4, 0.5) is 10.2 Å². The third kappa shape index (κ3) is 5.94. The smallest absolute Gasteiger partial charge is 0.255 e. The highest BCUT2D eigenvalue weighted by molar-refractivity contribution is 6.30. The molecule has 0 spiro atoms. The Morgan fingerprint density at radius 3 is 2.60 bits per heavy atom. The van der Waals surface area contributed by atoms with Crippen LogP contribution < -0.4 is 20.7 Å². The van der Waals surface area contributed by atoms with Gasteiger partial charge in [-0.25, -0.2) is 9.37 Å². The highest BCUT2D eigenvalue weighted by atomic mass is 35.5. The molecule has 8 nitrogen and oxygen atoms in total. The van der Waals surface area contributed by atoms with Gasteiger partial charge in [0.2, 0.25) is 5.91 Å². The molecule has 0 aliphatic carbocycles. The van der Waals surface area contributed by atoms with Gasteiger partial charge in [-0.3, -0.25) is 9.59 Å². The Bertz CT molecular complexity index is 1510. The monoisotopic (exact) mass is 561 g/mol. The fourth-order valence-corrected chi connectivity index (χ4v) is 5.10. The Morgan fingerprint density at radius 2 is 1.88 bits per heavy atom. The van der Waals surface area contributed by atoms with Crippen molar-refractivity contribution in [3.8, 4) is 5.75 Å². The minimum absolute atomic E-state index is 0.0961. The number of benzene rings is 3. The summed E-state index contributed by atoms with van der Waals surface area (Å²) in [5.74, 6) is -0.0194. The van der Waals surface area contributed by atoms with E-state index in [9.17, 15) is 14.0 Å². The van der Waals surface area contributed by atoms with Gasteiger partial charge in [0, 0.05) is 30.5 Å². The second-order valence-electron chi connectivity index (χ2n) is 9.75. The van der Waals surface area contributed by atoms with Crippen LogP contribution in [-0.4, -0.2) is 41.1 Å². The van der Waals surface area contributed by atoms with Gasteiger partial charge in [0.05, 0.1) is 37.3 Å². The molecule has 5 rings (SSSR count). The molecule has 0 radical (unpaired) electrons. The summed E-state index contributed by atoms with van der Waals surface area (Å²) in [5.41, 5.74) is 8.57. The van der Waals surface area contributed by atoms with Gasteiger partial charge in [-0.1, -0.05) is 48.0 Å². The first-order chi connectivity index (χ1) is 19.3. The highest BCUT2D eigenvalue weighted by Crippen LogP contribution is 2.39. The lowest BCUT2D eigenvalue weighted by Crippen LogP contribution is -2.46. The Hall–Kier alpha value is -4.37. The van der Waals surface area contributed by atoms with Crippen LogP contribution in [0, 0.1) is 5.82 Å². The maximum Gasteiger partial charge on any atom is 0.255 e. The van der Waals surface area contributed by atoms with E-state index < -0.39 is 17.9 Å². The zero-order valence-electron chi connectivity index (χ0n) is 21.9. The van der Waals surface area contributed by atoms with Gasteiger partial charge in [-0.05, 0) is 41.5 Å². The second-order valence-corrected chi connectivity index (χ2v) is 10.2. The maximum absolute atomic E-state index is 13.4. The molecule has 1 unspecified atom stereocenters. The molecule has 1 aromatic heterocycles. The van der Waals surface area contributed by atoms with Crippen molar-refractivity contribution in [1.29, 1.82) is 0 Å². The predicted molar refractivity (Wildman–Crippen MR) is 151 cm³/mol. The summed E-state index contributed by atoms with van der Waals surface area (Å²) >= 11 is 5.96. The van der Waals surface area contributed by atoms with Crippen LogP contribution in [0.1, 0.15) is 39.5 Å². The summed E-state index contributed by atoms with van der Waals surface area (Å²) in [6, 6.07) is 17.8. The number of rotatable bonds is 9. The number of fused-ring (bicyclic) bond motifs is 1. The van der Waals surface area contributed by atoms with Gasteiger partial charge in [0.1, 0.15) is 23.4 Å². The van der Waals surface area contributed by atoms with Gasteiger partial charge in [0.25, 0.3) is 5.91 Å². The number of aromatic nitrogens is 2. The number of imidazole rings is 1. The molecule has 206 valence electrons. The van der Waals surface area contributed by atoms with E-state index in [1.54, 1.807) is 61.1 Å². The molecule has 2 amide bonds. The van der Waals surface area contributed by atoms with Gasteiger partial charge in [0.15, 0.2) is 0 Å². The lowest BCUT2D eigenvalue weighted by atomic mass is 9.95. The largest absolute Gasteiger partial charge is 0.492 e. The molecule has 0 saturated heterocycles. The Kier molecular flexibility index (Phi) is 8.02. The normalized spacial score (nSPS) is 15.0. The Morgan fingerprint density at radius 1 is 1.15 bits per heavy atom. The van der Waals surface area contributed by atoms with E-state index in [1.165, 1.54) is 12.1 Å². The predicted octanol–water partition coefficient (Wildman–Crippen LogP) is 4.51. The first-order valence-electron chi connectivity index (χ1n) is 12.9. The minimum Gasteiger partial charge on any atom is -0.492 e. The zero-order valence-corrected chi connectivity index (χ0v) is 22.6. The number of carbonyl (C=O) groups is 2. The summed E-state index contributed by atoms with van der Waals surface area (Å²) in [5, 5.41) is 3.36. The lowest BCUT2D eigenvalue weighted by Gasteiger charge is -2.35. The Balaban J connectivity index is 1.36. The lowest BCUT2D eigenvalue weighted by molar-refractivity contribution is -0.119. The maximum atomic E-state index is 13.4. The third-order valence-electron chi connectivity index (χ3n) is 7.07. The number of hydrogen-bond acceptors (Lipinski definition) is 5. The summed E-state index contributed by atoms with van der Waals surface area (Å²) in [4.78, 5) is 32.0. The van der Waals surface area contributed by atoms with Crippen molar-refractivity contribution in [3.05, 3.63) is 112 Å². The molecule has 3 N–H and O–H groups in total. The molecule has 2 heterocycles. The Labute approximate surface area is 236 Å². The van der Waals surface area contributed by atoms with Crippen LogP contribution in [0.25, 0.3) is 0 Å². The van der Waals surface area contributed by atoms with Gasteiger partial charge in [-0.2, -0.15) is 0 Å². The fraction of sp³-hybridized carbons (Fsp3) is 0.233. The van der Waals surface area contributed by atoms with E-state index in [-0.39, 0.29) is 18.3 Å². The molecule has 2 atom stereocenters. The van der Waals surface area contributed by atoms with Crippen LogP contribution >= 0.6 is 11.6 Å². The summed E-state index contributed by atoms with van der Waals surface area (Å²) < 4.78 is 21.4. The first-order valence-corrected chi connectivity index (χ1v) is 13.3. The minimum atomic E-state index is -0.910. The third-order valence-corrected chi connectivity index (χ3v) is 7.33. The quantitative estimate of drug-likeness (QED) is 0.313. The van der Waals surface area contributed by atoms with Crippen LogP contribution in [0.3, 0.4) is 0 Å². The molecular weight excluding hydrogens is 533 g/mol. The highest BCUT2D eigenvalue weighted by Gasteiger charge is 2.31. The second kappa shape index (κ2) is 11.8. The number of para-hydroxylation sites is 1. The first kappa shape index (κ1) is 27.2. The number of nitrogens with zero attached hydrogens (tertiary/aromatic N) is 3. The molecule has 1 aliphatic heterocycles. The molecule has 40 heavy (non-hydrogen) atoms. The van der Waals surface area contributed by atoms with Crippen molar-refractivity contribution in [2.24, 2.45) is 5.73 Å². The number of amides is 2. The SMILES string of the molecule is CN(c1cncn1Cc1ccc(F)cc1)C1CCOc2c(C(=O)N[C@@H](Cc3ccc(Cl)cc3)C(N)=O)cccc21. The van der Waals surface area contributed by atoms with E-state index in [1.807, 2.05) is 17.7 Å². The molecule has 3 aromatic carbocycles. The average Bonchev–Trinajstić information content (AvgIpc) is 3.42. The number of ether oxygens (including phenoxy) is 1. The number of nitrogens with two attached hydrogens (primary N) is 1. The van der Waals surface area contributed by atoms with Crippen molar-refractivity contribution < 1.29 is 18.7 Å². The van der Waals surface area contributed by atoms with Crippen LogP contribution in [-0.2, 0) is 17.8 Å². The van der Waals surface area contributed by atoms with Crippen LogP contribution in [0.15, 0.2) is 79.3 Å². The van der Waals surface area contributed by atoms with E-state index in [0.717, 1.165) is 22.5 Å². The van der Waals surface area contributed by atoms with Gasteiger partial charge >= 0.3 is 0 Å². The molecule has 0 fully saturated rings. The van der Waals surface area contributed by atoms with Crippen molar-refractivity contribution in [2.45, 2.75) is 31.5 Å². The van der Waals surface area contributed by atoms with E-state index in [0.29, 0.717) is 35.9 Å². The molecule has 0 bridgehead atoms. The van der Waals surface area contributed by atoms with Crippen molar-refractivity contribution in [3.63, 3.8) is 0 Å². The molecular formula is C30H29ClFN5O3. The van der Waals surface area contributed by atoms with E-state index in [4.69, 9.17) is 22.1 Å². The number of nitrogens with one attached hydrogen (secondary N) is 1. The van der Waals surface area contributed by atoms with Crippen LogP contribution in [0.5, 0.6) is 5.75 Å². The van der Waals surface area contributed by atoms with Crippen molar-refractivity contribution in [1.82, 2.24) is 14.9 Å². The van der Waals surface area contributed by atoms with E-state index >= 15 is 0 Å². The summed E-state index contributed by atoms with van der Waals surface area (Å²) in [7, 11) is 1.97. The van der Waals surface area contributed by atoms with Crippen molar-refractivity contribution >= 4 is 29.2 Å². The molecule has 4 aromatic rings. The number of primary amides is 1. The number of carbonyl (C=O) groups excluding carboxylic acids is 2. The standard InChI is InChI=1S/C30H29ClFN5O3/c1-36(27-16-34-18-37(27)17-20-7-11-22(32)12-8-20)26-13-14-40-28-23(26)3-2-4-24(28)30(39)35-25(29(33)38)15-19-5-9-21(31)10-6-19/h2-12,16,18,25-26H,13-15,17H2,1H3,(H2,33,38)(H,35,39)/t25-,26?/m0/s1. The van der Waals surface area contributed by atoms with Crippen molar-refractivity contribution in [2.75, 3.05) is 18.6 Å².